The minimum atomic E-state index is 0.546. The summed E-state index contributed by atoms with van der Waals surface area (Å²) < 4.78 is 0. The Morgan fingerprint density at radius 1 is 1.38 bits per heavy atom. The van der Waals surface area contributed by atoms with E-state index in [-0.39, 0.29) is 0 Å². The Balaban J connectivity index is 2.33. The summed E-state index contributed by atoms with van der Waals surface area (Å²) in [4.78, 5) is 1.51. The summed E-state index contributed by atoms with van der Waals surface area (Å²) in [6, 6.07) is 7.81. The third-order valence-electron chi connectivity index (χ3n) is 3.04. The number of rotatable bonds is 2. The van der Waals surface area contributed by atoms with Crippen molar-refractivity contribution in [1.82, 2.24) is 5.32 Å². The molecule has 1 nitrogen and oxygen atoms in total. The molecular formula is C14H21NS. The first-order chi connectivity index (χ1) is 7.68. The van der Waals surface area contributed by atoms with Crippen LogP contribution in [0.5, 0.6) is 0 Å². The Hall–Kier alpha value is -0.470. The summed E-state index contributed by atoms with van der Waals surface area (Å²) in [6.45, 7) is 6.69. The average molecular weight is 235 g/mol. The zero-order valence-corrected chi connectivity index (χ0v) is 11.2. The second kappa shape index (κ2) is 5.24. The average Bonchev–Trinajstić information content (AvgIpc) is 2.42. The number of thioether (sulfide) groups is 1. The van der Waals surface area contributed by atoms with Crippen LogP contribution in [0.1, 0.15) is 43.9 Å². The largest absolute Gasteiger partial charge is 0.308 e. The van der Waals surface area contributed by atoms with Crippen LogP contribution in [0, 0.1) is 6.92 Å². The maximum absolute atomic E-state index is 3.69. The Labute approximate surface area is 103 Å². The number of hydrogen-bond donors (Lipinski definition) is 1. The van der Waals surface area contributed by atoms with Gasteiger partial charge in [-0.2, -0.15) is 0 Å². The van der Waals surface area contributed by atoms with E-state index in [1.165, 1.54) is 34.6 Å². The first-order valence-electron chi connectivity index (χ1n) is 6.17. The molecule has 1 unspecified atom stereocenters. The second-order valence-corrected chi connectivity index (χ2v) is 5.96. The molecular weight excluding hydrogens is 214 g/mol. The highest BCUT2D eigenvalue weighted by Crippen LogP contribution is 2.36. The lowest BCUT2D eigenvalue weighted by Crippen LogP contribution is -2.28. The first-order valence-corrected chi connectivity index (χ1v) is 7.15. The van der Waals surface area contributed by atoms with Crippen LogP contribution in [0.3, 0.4) is 0 Å². The first kappa shape index (κ1) is 12.0. The predicted molar refractivity (Wildman–Crippen MR) is 72.1 cm³/mol. The van der Waals surface area contributed by atoms with Crippen molar-refractivity contribution in [3.63, 3.8) is 0 Å². The zero-order chi connectivity index (χ0) is 11.5. The fourth-order valence-corrected chi connectivity index (χ4v) is 3.53. The number of hydrogen-bond acceptors (Lipinski definition) is 2. The van der Waals surface area contributed by atoms with Gasteiger partial charge in [0.05, 0.1) is 0 Å². The second-order valence-electron chi connectivity index (χ2n) is 4.86. The zero-order valence-electron chi connectivity index (χ0n) is 10.4. The monoisotopic (exact) mass is 235 g/mol. The van der Waals surface area contributed by atoms with E-state index in [0.29, 0.717) is 12.1 Å². The fraction of sp³-hybridized carbons (Fsp3) is 0.571. The van der Waals surface area contributed by atoms with Gasteiger partial charge in [-0.25, -0.2) is 0 Å². The summed E-state index contributed by atoms with van der Waals surface area (Å²) in [5.74, 6) is 1.26. The molecule has 1 aromatic rings. The molecule has 1 atom stereocenters. The Morgan fingerprint density at radius 2 is 2.19 bits per heavy atom. The maximum atomic E-state index is 3.69. The SMILES string of the molecule is Cc1cccc2c1SCCCC2NC(C)C. The van der Waals surface area contributed by atoms with E-state index < -0.39 is 0 Å². The molecule has 0 saturated heterocycles. The van der Waals surface area contributed by atoms with Crippen LogP contribution in [0.4, 0.5) is 0 Å². The molecule has 1 heterocycles. The lowest BCUT2D eigenvalue weighted by Gasteiger charge is -2.22. The minimum Gasteiger partial charge on any atom is -0.308 e. The fourth-order valence-electron chi connectivity index (χ4n) is 2.34. The van der Waals surface area contributed by atoms with Gasteiger partial charge in [0, 0.05) is 17.0 Å². The van der Waals surface area contributed by atoms with Crippen LogP contribution in [0.2, 0.25) is 0 Å². The van der Waals surface area contributed by atoms with Crippen molar-refractivity contribution in [3.05, 3.63) is 29.3 Å². The smallest absolute Gasteiger partial charge is 0.0333 e. The number of benzene rings is 1. The predicted octanol–water partition coefficient (Wildman–Crippen LogP) is 3.92. The van der Waals surface area contributed by atoms with E-state index in [1.54, 1.807) is 0 Å². The highest BCUT2D eigenvalue weighted by Gasteiger charge is 2.20. The molecule has 1 aliphatic rings. The van der Waals surface area contributed by atoms with E-state index in [4.69, 9.17) is 0 Å². The molecule has 0 fully saturated rings. The standard InChI is InChI=1S/C14H21NS/c1-10(2)15-13-8-5-9-16-14-11(3)6-4-7-12(13)14/h4,6-7,10,13,15H,5,8-9H2,1-3H3. The molecule has 88 valence electrons. The van der Waals surface area contributed by atoms with Gasteiger partial charge in [0.1, 0.15) is 0 Å². The molecule has 0 saturated carbocycles. The Bertz CT molecular complexity index is 360. The van der Waals surface area contributed by atoms with Crippen molar-refractivity contribution in [3.8, 4) is 0 Å². The van der Waals surface area contributed by atoms with Gasteiger partial charge in [-0.05, 0) is 36.6 Å². The molecule has 0 aliphatic carbocycles. The molecule has 0 radical (unpaired) electrons. The molecule has 1 aromatic carbocycles. The van der Waals surface area contributed by atoms with Crippen LogP contribution in [0.25, 0.3) is 0 Å². The summed E-state index contributed by atoms with van der Waals surface area (Å²) in [5.41, 5.74) is 2.94. The van der Waals surface area contributed by atoms with Gasteiger partial charge in [-0.3, -0.25) is 0 Å². The number of nitrogens with one attached hydrogen (secondary N) is 1. The molecule has 1 aliphatic heterocycles. The van der Waals surface area contributed by atoms with Gasteiger partial charge < -0.3 is 5.32 Å². The normalized spacial score (nSPS) is 20.6. The number of fused-ring (bicyclic) bond motifs is 1. The van der Waals surface area contributed by atoms with Crippen LogP contribution in [-0.4, -0.2) is 11.8 Å². The van der Waals surface area contributed by atoms with Gasteiger partial charge >= 0.3 is 0 Å². The number of aryl methyl sites for hydroxylation is 1. The van der Waals surface area contributed by atoms with Gasteiger partial charge in [-0.15, -0.1) is 11.8 Å². The Kier molecular flexibility index (Phi) is 3.93. The summed E-state index contributed by atoms with van der Waals surface area (Å²) in [6.07, 6.45) is 2.57. The van der Waals surface area contributed by atoms with Gasteiger partial charge in [-0.1, -0.05) is 32.0 Å². The Morgan fingerprint density at radius 3 is 2.94 bits per heavy atom. The highest BCUT2D eigenvalue weighted by molar-refractivity contribution is 7.99. The topological polar surface area (TPSA) is 12.0 Å². The van der Waals surface area contributed by atoms with E-state index in [1.807, 2.05) is 11.8 Å². The molecule has 1 N–H and O–H groups in total. The van der Waals surface area contributed by atoms with Crippen LogP contribution >= 0.6 is 11.8 Å². The summed E-state index contributed by atoms with van der Waals surface area (Å²) >= 11 is 2.03. The van der Waals surface area contributed by atoms with E-state index in [2.05, 4.69) is 44.3 Å². The van der Waals surface area contributed by atoms with Gasteiger partial charge in [0.2, 0.25) is 0 Å². The summed E-state index contributed by atoms with van der Waals surface area (Å²) in [5, 5.41) is 3.69. The van der Waals surface area contributed by atoms with Gasteiger partial charge in [0.15, 0.2) is 0 Å². The van der Waals surface area contributed by atoms with Gasteiger partial charge in [0.25, 0.3) is 0 Å². The molecule has 2 heteroatoms. The lowest BCUT2D eigenvalue weighted by atomic mass is 10.00. The third-order valence-corrected chi connectivity index (χ3v) is 4.37. The lowest BCUT2D eigenvalue weighted by molar-refractivity contribution is 0.447. The van der Waals surface area contributed by atoms with E-state index >= 15 is 0 Å². The van der Waals surface area contributed by atoms with E-state index in [0.717, 1.165) is 0 Å². The minimum absolute atomic E-state index is 0.546. The van der Waals surface area contributed by atoms with E-state index in [9.17, 15) is 0 Å². The third kappa shape index (κ3) is 2.61. The molecule has 0 spiro atoms. The van der Waals surface area contributed by atoms with Crippen molar-refractivity contribution >= 4 is 11.8 Å². The van der Waals surface area contributed by atoms with Crippen LogP contribution in [-0.2, 0) is 0 Å². The molecule has 0 amide bonds. The van der Waals surface area contributed by atoms with Crippen molar-refractivity contribution in [2.75, 3.05) is 5.75 Å². The van der Waals surface area contributed by atoms with Crippen molar-refractivity contribution < 1.29 is 0 Å². The van der Waals surface area contributed by atoms with Crippen LogP contribution < -0.4 is 5.32 Å². The molecule has 0 bridgehead atoms. The summed E-state index contributed by atoms with van der Waals surface area (Å²) in [7, 11) is 0. The van der Waals surface area contributed by atoms with Crippen molar-refractivity contribution in [1.29, 1.82) is 0 Å². The van der Waals surface area contributed by atoms with Crippen molar-refractivity contribution in [2.24, 2.45) is 0 Å². The van der Waals surface area contributed by atoms with Crippen LogP contribution in [0.15, 0.2) is 23.1 Å². The highest BCUT2D eigenvalue weighted by atomic mass is 32.2. The molecule has 0 aromatic heterocycles. The quantitative estimate of drug-likeness (QED) is 0.834. The van der Waals surface area contributed by atoms with Crippen molar-refractivity contribution in [2.45, 2.75) is 50.6 Å². The molecule has 2 rings (SSSR count). The molecule has 16 heavy (non-hydrogen) atoms. The maximum Gasteiger partial charge on any atom is 0.0333 e.